The van der Waals surface area contributed by atoms with Crippen molar-refractivity contribution in [3.8, 4) is 0 Å². The summed E-state index contributed by atoms with van der Waals surface area (Å²) >= 11 is 0. The lowest BCUT2D eigenvalue weighted by Gasteiger charge is -2.41. The molecule has 1 saturated heterocycles. The number of ether oxygens (including phenoxy) is 1. The number of hydrazine groups is 1. The number of nitrogens with two attached hydrogens (primary N) is 1. The van der Waals surface area contributed by atoms with Crippen molar-refractivity contribution in [2.75, 3.05) is 18.5 Å². The molecule has 7 heteroatoms. The van der Waals surface area contributed by atoms with E-state index in [1.54, 1.807) is 4.90 Å². The van der Waals surface area contributed by atoms with Crippen molar-refractivity contribution in [3.05, 3.63) is 18.1 Å². The van der Waals surface area contributed by atoms with Crippen molar-refractivity contribution in [1.29, 1.82) is 0 Å². The third kappa shape index (κ3) is 3.18. The van der Waals surface area contributed by atoms with Gasteiger partial charge in [0, 0.05) is 13.1 Å². The van der Waals surface area contributed by atoms with E-state index in [0.29, 0.717) is 18.9 Å². The van der Waals surface area contributed by atoms with Crippen molar-refractivity contribution in [2.24, 2.45) is 5.84 Å². The number of amides is 1. The molecule has 0 spiro atoms. The van der Waals surface area contributed by atoms with Gasteiger partial charge in [0.05, 0.1) is 24.1 Å². The average Bonchev–Trinajstić information content (AvgIpc) is 2.35. The number of aromatic nitrogens is 2. The second-order valence-electron chi connectivity index (χ2n) is 5.31. The van der Waals surface area contributed by atoms with Gasteiger partial charge in [-0.05, 0) is 20.8 Å². The highest BCUT2D eigenvalue weighted by Gasteiger charge is 2.34. The zero-order valence-corrected chi connectivity index (χ0v) is 11.4. The first-order valence-electron chi connectivity index (χ1n) is 6.17. The van der Waals surface area contributed by atoms with Crippen LogP contribution in [0.1, 0.15) is 31.3 Å². The monoisotopic (exact) mass is 265 g/mol. The Hall–Kier alpha value is -1.73. The molecule has 0 aliphatic carbocycles. The Labute approximate surface area is 112 Å². The van der Waals surface area contributed by atoms with E-state index >= 15 is 0 Å². The number of nitrogens with zero attached hydrogens (tertiary/aromatic N) is 3. The molecule has 7 nitrogen and oxygen atoms in total. The molecule has 1 aliphatic heterocycles. The summed E-state index contributed by atoms with van der Waals surface area (Å²) < 4.78 is 5.77. The van der Waals surface area contributed by atoms with E-state index in [0.717, 1.165) is 0 Å². The predicted molar refractivity (Wildman–Crippen MR) is 70.4 cm³/mol. The number of anilines is 1. The third-order valence-corrected chi connectivity index (χ3v) is 2.86. The van der Waals surface area contributed by atoms with E-state index in [1.165, 1.54) is 12.4 Å². The molecule has 1 unspecified atom stereocenters. The quantitative estimate of drug-likeness (QED) is 0.594. The summed E-state index contributed by atoms with van der Waals surface area (Å²) in [5.74, 6) is 5.47. The van der Waals surface area contributed by atoms with Crippen LogP contribution in [0.15, 0.2) is 12.4 Å². The molecular formula is C12H19N5O2. The van der Waals surface area contributed by atoms with Gasteiger partial charge >= 0.3 is 0 Å². The molecule has 19 heavy (non-hydrogen) atoms. The molecule has 2 rings (SSSR count). The number of nitrogen functional groups attached to an aromatic ring is 1. The standard InChI is InChI=1S/C12H19N5O2/c1-8-6-17(7-12(2,3)19-8)11(18)9-4-14-5-10(15-9)16-13/h4-5,8H,6-7,13H2,1-3H3,(H,15,16). The van der Waals surface area contributed by atoms with Crippen molar-refractivity contribution < 1.29 is 9.53 Å². The summed E-state index contributed by atoms with van der Waals surface area (Å²) in [6.45, 7) is 6.95. The van der Waals surface area contributed by atoms with Crippen LogP contribution in [0.5, 0.6) is 0 Å². The highest BCUT2D eigenvalue weighted by atomic mass is 16.5. The van der Waals surface area contributed by atoms with Crippen molar-refractivity contribution >= 4 is 11.7 Å². The van der Waals surface area contributed by atoms with Crippen LogP contribution in [-0.4, -0.2) is 45.6 Å². The topological polar surface area (TPSA) is 93.4 Å². The predicted octanol–water partition coefficient (Wildman–Crippen LogP) is 0.402. The largest absolute Gasteiger partial charge is 0.369 e. The number of hydrogen-bond acceptors (Lipinski definition) is 6. The molecule has 0 saturated carbocycles. The fraction of sp³-hybridized carbons (Fsp3) is 0.583. The number of hydrogen-bond donors (Lipinski definition) is 2. The molecule has 1 aromatic heterocycles. The van der Waals surface area contributed by atoms with Gasteiger partial charge in [0.15, 0.2) is 5.82 Å². The van der Waals surface area contributed by atoms with Crippen LogP contribution in [-0.2, 0) is 4.74 Å². The Morgan fingerprint density at radius 1 is 1.58 bits per heavy atom. The lowest BCUT2D eigenvalue weighted by atomic mass is 10.1. The van der Waals surface area contributed by atoms with Crippen LogP contribution in [0.2, 0.25) is 0 Å². The number of carbonyl (C=O) groups excluding carboxylic acids is 1. The molecule has 1 fully saturated rings. The summed E-state index contributed by atoms with van der Waals surface area (Å²) in [5.41, 5.74) is 2.30. The van der Waals surface area contributed by atoms with E-state index in [1.807, 2.05) is 20.8 Å². The SMILES string of the molecule is CC1CN(C(=O)c2cncc(NN)n2)CC(C)(C)O1. The molecule has 0 bridgehead atoms. The van der Waals surface area contributed by atoms with Gasteiger partial charge in [0.2, 0.25) is 0 Å². The third-order valence-electron chi connectivity index (χ3n) is 2.86. The summed E-state index contributed by atoms with van der Waals surface area (Å²) in [7, 11) is 0. The smallest absolute Gasteiger partial charge is 0.274 e. The minimum Gasteiger partial charge on any atom is -0.369 e. The summed E-state index contributed by atoms with van der Waals surface area (Å²) in [4.78, 5) is 22.2. The molecule has 3 N–H and O–H groups in total. The van der Waals surface area contributed by atoms with Crippen molar-refractivity contribution in [3.63, 3.8) is 0 Å². The van der Waals surface area contributed by atoms with Gasteiger partial charge < -0.3 is 15.1 Å². The number of morpholine rings is 1. The molecule has 2 heterocycles. The Morgan fingerprint density at radius 2 is 2.32 bits per heavy atom. The maximum Gasteiger partial charge on any atom is 0.274 e. The maximum atomic E-state index is 12.4. The number of rotatable bonds is 2. The Balaban J connectivity index is 2.18. The van der Waals surface area contributed by atoms with Crippen LogP contribution in [0.4, 0.5) is 5.82 Å². The molecular weight excluding hydrogens is 246 g/mol. The molecule has 104 valence electrons. The van der Waals surface area contributed by atoms with Gasteiger partial charge in [0.25, 0.3) is 5.91 Å². The molecule has 1 amide bonds. The highest BCUT2D eigenvalue weighted by Crippen LogP contribution is 2.22. The van der Waals surface area contributed by atoms with E-state index in [4.69, 9.17) is 10.6 Å². The Bertz CT molecular complexity index is 477. The normalized spacial score (nSPS) is 22.1. The Kier molecular flexibility index (Phi) is 3.68. The summed E-state index contributed by atoms with van der Waals surface area (Å²) in [6.07, 6.45) is 2.90. The fourth-order valence-electron chi connectivity index (χ4n) is 2.31. The second kappa shape index (κ2) is 5.10. The lowest BCUT2D eigenvalue weighted by Crippen LogP contribution is -2.53. The van der Waals surface area contributed by atoms with Gasteiger partial charge in [-0.1, -0.05) is 0 Å². The second-order valence-corrected chi connectivity index (χ2v) is 5.31. The minimum atomic E-state index is -0.357. The van der Waals surface area contributed by atoms with Crippen LogP contribution < -0.4 is 11.3 Å². The van der Waals surface area contributed by atoms with Crippen LogP contribution >= 0.6 is 0 Å². The maximum absolute atomic E-state index is 12.4. The molecule has 1 atom stereocenters. The average molecular weight is 265 g/mol. The van der Waals surface area contributed by atoms with Gasteiger partial charge in [0.1, 0.15) is 5.69 Å². The van der Waals surface area contributed by atoms with Gasteiger partial charge in [-0.3, -0.25) is 9.78 Å². The number of carbonyl (C=O) groups is 1. The van der Waals surface area contributed by atoms with E-state index < -0.39 is 0 Å². The number of nitrogens with one attached hydrogen (secondary N) is 1. The van der Waals surface area contributed by atoms with Crippen LogP contribution in [0.3, 0.4) is 0 Å². The van der Waals surface area contributed by atoms with Gasteiger partial charge in [-0.15, -0.1) is 0 Å². The Morgan fingerprint density at radius 3 is 2.95 bits per heavy atom. The van der Waals surface area contributed by atoms with E-state index in [2.05, 4.69) is 15.4 Å². The molecule has 0 aromatic carbocycles. The first-order chi connectivity index (χ1) is 8.91. The van der Waals surface area contributed by atoms with Gasteiger partial charge in [-0.2, -0.15) is 0 Å². The van der Waals surface area contributed by atoms with E-state index in [-0.39, 0.29) is 23.3 Å². The first-order valence-corrected chi connectivity index (χ1v) is 6.17. The molecule has 1 aromatic rings. The minimum absolute atomic E-state index is 0.00326. The first kappa shape index (κ1) is 13.7. The zero-order chi connectivity index (χ0) is 14.0. The zero-order valence-electron chi connectivity index (χ0n) is 11.4. The van der Waals surface area contributed by atoms with Crippen LogP contribution in [0, 0.1) is 0 Å². The molecule has 0 radical (unpaired) electrons. The summed E-state index contributed by atoms with van der Waals surface area (Å²) in [6, 6.07) is 0. The summed E-state index contributed by atoms with van der Waals surface area (Å²) in [5, 5.41) is 0. The van der Waals surface area contributed by atoms with E-state index in [9.17, 15) is 4.79 Å². The van der Waals surface area contributed by atoms with Crippen LogP contribution in [0.25, 0.3) is 0 Å². The molecule has 1 aliphatic rings. The fourth-order valence-corrected chi connectivity index (χ4v) is 2.31. The lowest BCUT2D eigenvalue weighted by molar-refractivity contribution is -0.118. The van der Waals surface area contributed by atoms with Crippen molar-refractivity contribution in [1.82, 2.24) is 14.9 Å². The van der Waals surface area contributed by atoms with Crippen molar-refractivity contribution in [2.45, 2.75) is 32.5 Å². The van der Waals surface area contributed by atoms with Gasteiger partial charge in [-0.25, -0.2) is 10.8 Å². The highest BCUT2D eigenvalue weighted by molar-refractivity contribution is 5.92.